The number of halogens is 1. The van der Waals surface area contributed by atoms with Gasteiger partial charge in [-0.3, -0.25) is 9.59 Å². The topological polar surface area (TPSA) is 72.2 Å². The largest absolute Gasteiger partial charge is 0.370 e. The Hall–Kier alpha value is -1.91. The maximum absolute atomic E-state index is 12.6. The van der Waals surface area contributed by atoms with Crippen molar-refractivity contribution in [2.75, 3.05) is 0 Å². The molecule has 5 heteroatoms. The van der Waals surface area contributed by atoms with Crippen LogP contribution in [0.5, 0.6) is 0 Å². The molecule has 1 unspecified atom stereocenters. The first kappa shape index (κ1) is 14.2. The molecule has 0 fully saturated rings. The number of nitrogens with one attached hydrogen (secondary N) is 1. The van der Waals surface area contributed by atoms with E-state index in [2.05, 4.69) is 5.32 Å². The summed E-state index contributed by atoms with van der Waals surface area (Å²) >= 11 is 0. The van der Waals surface area contributed by atoms with Crippen molar-refractivity contribution in [1.29, 1.82) is 0 Å². The Labute approximate surface area is 105 Å². The Balaban J connectivity index is 2.32. The monoisotopic (exact) mass is 252 g/mol. The summed E-state index contributed by atoms with van der Waals surface area (Å²) in [5.74, 6) is -0.933. The summed E-state index contributed by atoms with van der Waals surface area (Å²) in [5, 5.41) is 2.71. The summed E-state index contributed by atoms with van der Waals surface area (Å²) in [6, 6.07) is 5.92. The van der Waals surface area contributed by atoms with Gasteiger partial charge in [-0.2, -0.15) is 0 Å². The standard InChI is InChI=1S/C13H17FN2O2/c1-9(6-12(15)17)7-13(18)16-8-10-2-4-11(14)5-3-10/h2-5,9H,6-8H2,1H3,(H2,15,17)(H,16,18). The van der Waals surface area contributed by atoms with Crippen LogP contribution in [0.4, 0.5) is 4.39 Å². The van der Waals surface area contributed by atoms with E-state index in [0.717, 1.165) is 5.56 Å². The van der Waals surface area contributed by atoms with Crippen LogP contribution < -0.4 is 11.1 Å². The SMILES string of the molecule is CC(CC(N)=O)CC(=O)NCc1ccc(F)cc1. The van der Waals surface area contributed by atoms with Gasteiger partial charge in [0.2, 0.25) is 11.8 Å². The minimum absolute atomic E-state index is 0.0734. The van der Waals surface area contributed by atoms with Gasteiger partial charge < -0.3 is 11.1 Å². The predicted octanol–water partition coefficient (Wildman–Crippen LogP) is 1.34. The first-order chi connectivity index (χ1) is 8.47. The van der Waals surface area contributed by atoms with E-state index >= 15 is 0 Å². The summed E-state index contributed by atoms with van der Waals surface area (Å²) in [7, 11) is 0. The van der Waals surface area contributed by atoms with Crippen LogP contribution in [-0.2, 0) is 16.1 Å². The van der Waals surface area contributed by atoms with Gasteiger partial charge in [0.05, 0.1) is 0 Å². The van der Waals surface area contributed by atoms with Crippen molar-refractivity contribution in [1.82, 2.24) is 5.32 Å². The van der Waals surface area contributed by atoms with Gasteiger partial charge in [0.25, 0.3) is 0 Å². The lowest BCUT2D eigenvalue weighted by atomic mass is 10.0. The van der Waals surface area contributed by atoms with E-state index in [1.807, 2.05) is 0 Å². The van der Waals surface area contributed by atoms with Crippen LogP contribution >= 0.6 is 0 Å². The summed E-state index contributed by atoms with van der Waals surface area (Å²) in [6.07, 6.45) is 0.452. The second-order valence-electron chi connectivity index (χ2n) is 4.38. The molecule has 4 nitrogen and oxygen atoms in total. The molecule has 0 saturated heterocycles. The average Bonchev–Trinajstić information content (AvgIpc) is 2.27. The molecule has 0 aliphatic rings. The van der Waals surface area contributed by atoms with Crippen LogP contribution in [0.15, 0.2) is 24.3 Å². The molecule has 1 aromatic carbocycles. The van der Waals surface area contributed by atoms with Gasteiger partial charge >= 0.3 is 0 Å². The van der Waals surface area contributed by atoms with Crippen LogP contribution in [0.25, 0.3) is 0 Å². The molecule has 1 aromatic rings. The fraction of sp³-hybridized carbons (Fsp3) is 0.385. The molecule has 0 radical (unpaired) electrons. The van der Waals surface area contributed by atoms with E-state index in [1.165, 1.54) is 12.1 Å². The average molecular weight is 252 g/mol. The molecular weight excluding hydrogens is 235 g/mol. The molecule has 18 heavy (non-hydrogen) atoms. The van der Waals surface area contributed by atoms with E-state index < -0.39 is 5.91 Å². The van der Waals surface area contributed by atoms with Gasteiger partial charge in [0.15, 0.2) is 0 Å². The molecule has 2 amide bonds. The molecule has 1 atom stereocenters. The molecule has 0 aliphatic carbocycles. The van der Waals surface area contributed by atoms with Gasteiger partial charge in [-0.15, -0.1) is 0 Å². The van der Waals surface area contributed by atoms with Crippen molar-refractivity contribution < 1.29 is 14.0 Å². The first-order valence-electron chi connectivity index (χ1n) is 5.77. The third kappa shape index (κ3) is 5.43. The molecule has 0 bridgehead atoms. The second kappa shape index (κ2) is 6.74. The van der Waals surface area contributed by atoms with E-state index in [9.17, 15) is 14.0 Å². The van der Waals surface area contributed by atoms with Crippen molar-refractivity contribution in [3.8, 4) is 0 Å². The zero-order valence-corrected chi connectivity index (χ0v) is 10.3. The number of hydrogen-bond donors (Lipinski definition) is 2. The van der Waals surface area contributed by atoms with Crippen molar-refractivity contribution in [2.45, 2.75) is 26.3 Å². The number of rotatable bonds is 6. The number of primary amides is 1. The Bertz CT molecular complexity index is 418. The van der Waals surface area contributed by atoms with Crippen LogP contribution in [0.3, 0.4) is 0 Å². The number of carbonyl (C=O) groups is 2. The minimum Gasteiger partial charge on any atom is -0.370 e. The van der Waals surface area contributed by atoms with Crippen molar-refractivity contribution >= 4 is 11.8 Å². The molecule has 0 heterocycles. The third-order valence-electron chi connectivity index (χ3n) is 2.49. The quantitative estimate of drug-likeness (QED) is 0.802. The normalized spacial score (nSPS) is 11.9. The van der Waals surface area contributed by atoms with Gasteiger partial charge in [-0.05, 0) is 23.6 Å². The number of carbonyl (C=O) groups excluding carboxylic acids is 2. The van der Waals surface area contributed by atoms with Crippen molar-refractivity contribution in [3.05, 3.63) is 35.6 Å². The Morgan fingerprint density at radius 1 is 1.28 bits per heavy atom. The number of amides is 2. The first-order valence-corrected chi connectivity index (χ1v) is 5.77. The Morgan fingerprint density at radius 2 is 1.89 bits per heavy atom. The predicted molar refractivity (Wildman–Crippen MR) is 65.8 cm³/mol. The molecule has 0 saturated carbocycles. The maximum Gasteiger partial charge on any atom is 0.220 e. The minimum atomic E-state index is -0.408. The molecule has 0 aliphatic heterocycles. The summed E-state index contributed by atoms with van der Waals surface area (Å²) in [4.78, 5) is 22.2. The Morgan fingerprint density at radius 3 is 2.44 bits per heavy atom. The highest BCUT2D eigenvalue weighted by atomic mass is 19.1. The highest BCUT2D eigenvalue weighted by Crippen LogP contribution is 2.07. The fourth-order valence-electron chi connectivity index (χ4n) is 1.61. The van der Waals surface area contributed by atoms with Gasteiger partial charge in [0, 0.05) is 19.4 Å². The highest BCUT2D eigenvalue weighted by molar-refractivity contribution is 5.78. The van der Waals surface area contributed by atoms with Crippen LogP contribution in [-0.4, -0.2) is 11.8 Å². The maximum atomic E-state index is 12.6. The Kier molecular flexibility index (Phi) is 5.30. The molecule has 0 spiro atoms. The summed E-state index contributed by atoms with van der Waals surface area (Å²) < 4.78 is 12.6. The van der Waals surface area contributed by atoms with E-state index in [-0.39, 0.29) is 30.5 Å². The highest BCUT2D eigenvalue weighted by Gasteiger charge is 2.11. The fourth-order valence-corrected chi connectivity index (χ4v) is 1.61. The van der Waals surface area contributed by atoms with Crippen molar-refractivity contribution in [2.24, 2.45) is 11.7 Å². The van der Waals surface area contributed by atoms with E-state index in [1.54, 1.807) is 19.1 Å². The van der Waals surface area contributed by atoms with E-state index in [0.29, 0.717) is 6.54 Å². The van der Waals surface area contributed by atoms with Crippen molar-refractivity contribution in [3.63, 3.8) is 0 Å². The summed E-state index contributed by atoms with van der Waals surface area (Å²) in [5.41, 5.74) is 5.87. The molecule has 98 valence electrons. The molecule has 0 aromatic heterocycles. The zero-order chi connectivity index (χ0) is 13.5. The van der Waals surface area contributed by atoms with Crippen LogP contribution in [0.2, 0.25) is 0 Å². The van der Waals surface area contributed by atoms with Gasteiger partial charge in [-0.25, -0.2) is 4.39 Å². The lowest BCUT2D eigenvalue weighted by Crippen LogP contribution is -2.26. The van der Waals surface area contributed by atoms with Crippen LogP contribution in [0, 0.1) is 11.7 Å². The van der Waals surface area contributed by atoms with Gasteiger partial charge in [-0.1, -0.05) is 19.1 Å². The smallest absolute Gasteiger partial charge is 0.220 e. The number of nitrogens with two attached hydrogens (primary N) is 1. The third-order valence-corrected chi connectivity index (χ3v) is 2.49. The molecular formula is C13H17FN2O2. The lowest BCUT2D eigenvalue weighted by Gasteiger charge is -2.09. The van der Waals surface area contributed by atoms with E-state index in [4.69, 9.17) is 5.73 Å². The summed E-state index contributed by atoms with van der Waals surface area (Å²) in [6.45, 7) is 2.14. The molecule has 3 N–H and O–H groups in total. The zero-order valence-electron chi connectivity index (χ0n) is 10.3. The van der Waals surface area contributed by atoms with Crippen LogP contribution in [0.1, 0.15) is 25.3 Å². The van der Waals surface area contributed by atoms with Gasteiger partial charge in [0.1, 0.15) is 5.82 Å². The number of benzene rings is 1. The molecule has 1 rings (SSSR count). The number of hydrogen-bond acceptors (Lipinski definition) is 2. The second-order valence-corrected chi connectivity index (χ2v) is 4.38. The lowest BCUT2D eigenvalue weighted by molar-refractivity contribution is -0.122.